The molecule has 0 aliphatic carbocycles. The second-order valence-electron chi connectivity index (χ2n) is 3.27. The number of carboxylic acids is 1. The van der Waals surface area contributed by atoms with Crippen molar-refractivity contribution in [2.45, 2.75) is 19.1 Å². The average Bonchev–Trinajstić information content (AvgIpc) is 2.25. The molecule has 0 amide bonds. The molecule has 4 heteroatoms. The van der Waals surface area contributed by atoms with Gasteiger partial charge < -0.3 is 15.6 Å². The molecule has 1 aromatic rings. The molecule has 1 rings (SSSR count). The maximum Gasteiger partial charge on any atom is 0.320 e. The van der Waals surface area contributed by atoms with Gasteiger partial charge in [-0.3, -0.25) is 4.79 Å². The molecule has 0 heterocycles. The Morgan fingerprint density at radius 3 is 2.67 bits per heavy atom. The quantitative estimate of drug-likeness (QED) is 0.686. The van der Waals surface area contributed by atoms with E-state index in [1.165, 1.54) is 0 Å². The van der Waals surface area contributed by atoms with Crippen molar-refractivity contribution in [2.75, 3.05) is 6.61 Å². The summed E-state index contributed by atoms with van der Waals surface area (Å²) in [7, 11) is 0. The highest BCUT2D eigenvalue weighted by Crippen LogP contribution is 2.01. The van der Waals surface area contributed by atoms with Crippen LogP contribution in [0.25, 0.3) is 0 Å². The Labute approximate surface area is 88.7 Å². The standard InChI is InChI=1S/C11H15NO3/c12-10(11(13)14)6-7-15-8-9-4-2-1-3-5-9/h1-5,10H,6-8,12H2,(H,13,14). The SMILES string of the molecule is NC(CCOCc1ccccc1)C(=O)O. The molecule has 0 aliphatic rings. The van der Waals surface area contributed by atoms with Gasteiger partial charge in [0.1, 0.15) is 6.04 Å². The van der Waals surface area contributed by atoms with Gasteiger partial charge in [0.05, 0.1) is 6.61 Å². The van der Waals surface area contributed by atoms with E-state index in [4.69, 9.17) is 15.6 Å². The highest BCUT2D eigenvalue weighted by molar-refractivity contribution is 5.72. The van der Waals surface area contributed by atoms with E-state index in [0.717, 1.165) is 5.56 Å². The first kappa shape index (κ1) is 11.7. The maximum atomic E-state index is 10.4. The number of rotatable bonds is 6. The molecule has 3 N–H and O–H groups in total. The third-order valence-electron chi connectivity index (χ3n) is 2.00. The lowest BCUT2D eigenvalue weighted by Gasteiger charge is -2.07. The second kappa shape index (κ2) is 6.16. The van der Waals surface area contributed by atoms with E-state index in [1.54, 1.807) is 0 Å². The molecule has 82 valence electrons. The monoisotopic (exact) mass is 209 g/mol. The highest BCUT2D eigenvalue weighted by atomic mass is 16.5. The normalized spacial score (nSPS) is 12.3. The minimum Gasteiger partial charge on any atom is -0.480 e. The number of nitrogens with two attached hydrogens (primary N) is 1. The van der Waals surface area contributed by atoms with Gasteiger partial charge in [-0.2, -0.15) is 0 Å². The molecule has 0 spiro atoms. The summed E-state index contributed by atoms with van der Waals surface area (Å²) in [6, 6.07) is 8.88. The van der Waals surface area contributed by atoms with Gasteiger partial charge >= 0.3 is 5.97 Å². The summed E-state index contributed by atoms with van der Waals surface area (Å²) in [4.78, 5) is 10.4. The summed E-state index contributed by atoms with van der Waals surface area (Å²) in [5, 5.41) is 8.52. The maximum absolute atomic E-state index is 10.4. The first-order chi connectivity index (χ1) is 7.20. The Morgan fingerprint density at radius 2 is 2.07 bits per heavy atom. The van der Waals surface area contributed by atoms with E-state index in [2.05, 4.69) is 0 Å². The van der Waals surface area contributed by atoms with Gasteiger partial charge in [-0.05, 0) is 12.0 Å². The molecular formula is C11H15NO3. The molecule has 1 aromatic carbocycles. The Kier molecular flexibility index (Phi) is 4.80. The van der Waals surface area contributed by atoms with Crippen molar-refractivity contribution in [1.29, 1.82) is 0 Å². The topological polar surface area (TPSA) is 72.5 Å². The Morgan fingerprint density at radius 1 is 1.40 bits per heavy atom. The van der Waals surface area contributed by atoms with E-state index in [9.17, 15) is 4.79 Å². The Bertz CT molecular complexity index is 300. The molecule has 0 saturated heterocycles. The van der Waals surface area contributed by atoms with Crippen molar-refractivity contribution in [2.24, 2.45) is 5.73 Å². The van der Waals surface area contributed by atoms with Crippen LogP contribution in [0.1, 0.15) is 12.0 Å². The van der Waals surface area contributed by atoms with Crippen LogP contribution in [0.2, 0.25) is 0 Å². The molecule has 1 unspecified atom stereocenters. The van der Waals surface area contributed by atoms with Gasteiger partial charge in [-0.1, -0.05) is 30.3 Å². The molecule has 15 heavy (non-hydrogen) atoms. The van der Waals surface area contributed by atoms with Crippen molar-refractivity contribution in [3.63, 3.8) is 0 Å². The van der Waals surface area contributed by atoms with Gasteiger partial charge in [0.25, 0.3) is 0 Å². The highest BCUT2D eigenvalue weighted by Gasteiger charge is 2.10. The molecule has 0 aromatic heterocycles. The van der Waals surface area contributed by atoms with Crippen molar-refractivity contribution in [1.82, 2.24) is 0 Å². The minimum atomic E-state index is -0.988. The number of carbonyl (C=O) groups is 1. The largest absolute Gasteiger partial charge is 0.480 e. The van der Waals surface area contributed by atoms with Crippen molar-refractivity contribution in [3.8, 4) is 0 Å². The van der Waals surface area contributed by atoms with Crippen LogP contribution in [0.5, 0.6) is 0 Å². The summed E-state index contributed by atoms with van der Waals surface area (Å²) in [6.07, 6.45) is 0.335. The molecule has 4 nitrogen and oxygen atoms in total. The van der Waals surface area contributed by atoms with Crippen molar-refractivity contribution >= 4 is 5.97 Å². The van der Waals surface area contributed by atoms with Crippen LogP contribution < -0.4 is 5.73 Å². The van der Waals surface area contributed by atoms with Crippen LogP contribution in [0.3, 0.4) is 0 Å². The molecule has 1 atom stereocenters. The smallest absolute Gasteiger partial charge is 0.320 e. The van der Waals surface area contributed by atoms with E-state index >= 15 is 0 Å². The average molecular weight is 209 g/mol. The van der Waals surface area contributed by atoms with Crippen LogP contribution in [-0.2, 0) is 16.1 Å². The number of benzene rings is 1. The molecular weight excluding hydrogens is 194 g/mol. The first-order valence-electron chi connectivity index (χ1n) is 4.80. The van der Waals surface area contributed by atoms with E-state index in [0.29, 0.717) is 19.6 Å². The molecule has 0 bridgehead atoms. The Hall–Kier alpha value is -1.39. The summed E-state index contributed by atoms with van der Waals surface area (Å²) in [5.41, 5.74) is 6.39. The summed E-state index contributed by atoms with van der Waals surface area (Å²) in [6.45, 7) is 0.857. The van der Waals surface area contributed by atoms with Crippen molar-refractivity contribution in [3.05, 3.63) is 35.9 Å². The van der Waals surface area contributed by atoms with Gasteiger partial charge in [0.15, 0.2) is 0 Å². The number of hydrogen-bond acceptors (Lipinski definition) is 3. The van der Waals surface area contributed by atoms with Crippen LogP contribution in [0.4, 0.5) is 0 Å². The Balaban J connectivity index is 2.15. The van der Waals surface area contributed by atoms with Gasteiger partial charge in [0, 0.05) is 6.61 Å². The van der Waals surface area contributed by atoms with E-state index < -0.39 is 12.0 Å². The van der Waals surface area contributed by atoms with E-state index in [1.807, 2.05) is 30.3 Å². The predicted molar refractivity (Wildman–Crippen MR) is 56.3 cm³/mol. The van der Waals surface area contributed by atoms with Crippen LogP contribution in [0.15, 0.2) is 30.3 Å². The fraction of sp³-hybridized carbons (Fsp3) is 0.364. The zero-order valence-electron chi connectivity index (χ0n) is 8.43. The van der Waals surface area contributed by atoms with Crippen molar-refractivity contribution < 1.29 is 14.6 Å². The fourth-order valence-electron chi connectivity index (χ4n) is 1.10. The third kappa shape index (κ3) is 4.58. The lowest BCUT2D eigenvalue weighted by atomic mass is 10.2. The number of hydrogen-bond donors (Lipinski definition) is 2. The minimum absolute atomic E-state index is 0.335. The molecule has 0 saturated carbocycles. The fourth-order valence-corrected chi connectivity index (χ4v) is 1.10. The summed E-state index contributed by atoms with van der Waals surface area (Å²) < 4.78 is 5.30. The molecule has 0 fully saturated rings. The zero-order valence-corrected chi connectivity index (χ0v) is 8.43. The number of ether oxygens (including phenoxy) is 1. The zero-order chi connectivity index (χ0) is 11.1. The van der Waals surface area contributed by atoms with Gasteiger partial charge in [-0.25, -0.2) is 0 Å². The van der Waals surface area contributed by atoms with Crippen LogP contribution >= 0.6 is 0 Å². The number of aliphatic carboxylic acids is 1. The summed E-state index contributed by atoms with van der Waals surface area (Å²) in [5.74, 6) is -0.988. The first-order valence-corrected chi connectivity index (χ1v) is 4.80. The third-order valence-corrected chi connectivity index (χ3v) is 2.00. The predicted octanol–water partition coefficient (Wildman–Crippen LogP) is 1.01. The number of carboxylic acid groups (broad SMARTS) is 1. The van der Waals surface area contributed by atoms with Gasteiger partial charge in [-0.15, -0.1) is 0 Å². The second-order valence-corrected chi connectivity index (χ2v) is 3.27. The van der Waals surface area contributed by atoms with Crippen LogP contribution in [0, 0.1) is 0 Å². The van der Waals surface area contributed by atoms with E-state index in [-0.39, 0.29) is 0 Å². The lowest BCUT2D eigenvalue weighted by Crippen LogP contribution is -2.31. The van der Waals surface area contributed by atoms with Crippen LogP contribution in [-0.4, -0.2) is 23.7 Å². The molecule has 0 radical (unpaired) electrons. The summed E-state index contributed by atoms with van der Waals surface area (Å²) >= 11 is 0. The lowest BCUT2D eigenvalue weighted by molar-refractivity contribution is -0.139. The van der Waals surface area contributed by atoms with Gasteiger partial charge in [0.2, 0.25) is 0 Å². The molecule has 0 aliphatic heterocycles.